The summed E-state index contributed by atoms with van der Waals surface area (Å²) in [6.07, 6.45) is 5.53. The molecule has 1 amide bonds. The van der Waals surface area contributed by atoms with E-state index in [1.54, 1.807) is 7.11 Å². The van der Waals surface area contributed by atoms with Gasteiger partial charge in [-0.3, -0.25) is 9.69 Å². The maximum Gasteiger partial charge on any atom is 0.257 e. The first-order chi connectivity index (χ1) is 13.2. The second kappa shape index (κ2) is 8.19. The third-order valence-electron chi connectivity index (χ3n) is 6.78. The number of morpholine rings is 1. The van der Waals surface area contributed by atoms with Crippen LogP contribution in [0.3, 0.4) is 0 Å². The Morgan fingerprint density at radius 1 is 1.11 bits per heavy atom. The van der Waals surface area contributed by atoms with Crippen molar-refractivity contribution >= 4 is 5.91 Å². The Hall–Kier alpha value is -1.59. The molecule has 1 aromatic carbocycles. The van der Waals surface area contributed by atoms with Crippen LogP contribution in [-0.4, -0.2) is 68.3 Å². The second-order valence-corrected chi connectivity index (χ2v) is 8.19. The van der Waals surface area contributed by atoms with Crippen molar-refractivity contribution in [3.63, 3.8) is 0 Å². The molecular formula is C22H32N2O3. The summed E-state index contributed by atoms with van der Waals surface area (Å²) in [6.45, 7) is 7.80. The molecule has 0 saturated carbocycles. The Bertz CT molecular complexity index is 676. The number of carbonyl (C=O) groups is 1. The molecule has 2 saturated heterocycles. The first-order valence-electron chi connectivity index (χ1n) is 10.5. The predicted octanol–water partition coefficient (Wildman–Crippen LogP) is 2.76. The number of fused-ring (bicyclic) bond motifs is 1. The van der Waals surface area contributed by atoms with Gasteiger partial charge in [0.1, 0.15) is 5.75 Å². The van der Waals surface area contributed by atoms with E-state index in [1.165, 1.54) is 17.5 Å². The van der Waals surface area contributed by atoms with E-state index in [4.69, 9.17) is 9.47 Å². The molecule has 1 aromatic rings. The zero-order valence-corrected chi connectivity index (χ0v) is 16.7. The fraction of sp³-hybridized carbons (Fsp3) is 0.682. The van der Waals surface area contributed by atoms with Gasteiger partial charge in [0.25, 0.3) is 5.91 Å². The minimum atomic E-state index is 0.138. The summed E-state index contributed by atoms with van der Waals surface area (Å²) < 4.78 is 11.0. The van der Waals surface area contributed by atoms with Crippen LogP contribution in [0.1, 0.15) is 47.7 Å². The second-order valence-electron chi connectivity index (χ2n) is 8.19. The van der Waals surface area contributed by atoms with E-state index < -0.39 is 0 Å². The Kier molecular flexibility index (Phi) is 5.69. The van der Waals surface area contributed by atoms with Crippen LogP contribution in [0.5, 0.6) is 5.75 Å². The Morgan fingerprint density at radius 3 is 2.44 bits per heavy atom. The molecule has 2 heterocycles. The van der Waals surface area contributed by atoms with Gasteiger partial charge in [-0.05, 0) is 68.2 Å². The molecule has 1 atom stereocenters. The highest BCUT2D eigenvalue weighted by Gasteiger charge is 2.31. The summed E-state index contributed by atoms with van der Waals surface area (Å²) in [5, 5.41) is 0. The molecule has 27 heavy (non-hydrogen) atoms. The Morgan fingerprint density at radius 2 is 1.78 bits per heavy atom. The summed E-state index contributed by atoms with van der Waals surface area (Å²) in [4.78, 5) is 17.8. The summed E-state index contributed by atoms with van der Waals surface area (Å²) >= 11 is 0. The lowest BCUT2D eigenvalue weighted by molar-refractivity contribution is -0.000966. The number of benzene rings is 1. The topological polar surface area (TPSA) is 42.0 Å². The van der Waals surface area contributed by atoms with Crippen molar-refractivity contribution in [1.82, 2.24) is 9.80 Å². The molecule has 5 nitrogen and oxygen atoms in total. The van der Waals surface area contributed by atoms with E-state index in [0.717, 1.165) is 76.4 Å². The maximum atomic E-state index is 13.2. The molecule has 0 aromatic heterocycles. The fourth-order valence-corrected chi connectivity index (χ4v) is 4.98. The molecule has 2 fully saturated rings. The molecule has 0 radical (unpaired) electrons. The Labute approximate surface area is 162 Å². The lowest BCUT2D eigenvalue weighted by atomic mass is 9.89. The van der Waals surface area contributed by atoms with Crippen molar-refractivity contribution < 1.29 is 14.3 Å². The highest BCUT2D eigenvalue weighted by atomic mass is 16.5. The van der Waals surface area contributed by atoms with Crippen molar-refractivity contribution in [3.05, 3.63) is 28.8 Å². The quantitative estimate of drug-likeness (QED) is 0.815. The molecule has 0 N–H and O–H groups in total. The number of piperidine rings is 1. The van der Waals surface area contributed by atoms with Crippen molar-refractivity contribution in [2.45, 2.75) is 45.1 Å². The van der Waals surface area contributed by atoms with Crippen molar-refractivity contribution in [2.24, 2.45) is 5.92 Å². The lowest BCUT2D eigenvalue weighted by Gasteiger charge is -2.41. The maximum absolute atomic E-state index is 13.2. The average Bonchev–Trinajstić information content (AvgIpc) is 3.20. The first-order valence-corrected chi connectivity index (χ1v) is 10.5. The molecular weight excluding hydrogens is 340 g/mol. The average molecular weight is 373 g/mol. The monoisotopic (exact) mass is 372 g/mol. The van der Waals surface area contributed by atoms with Crippen LogP contribution in [0.15, 0.2) is 12.1 Å². The minimum absolute atomic E-state index is 0.138. The van der Waals surface area contributed by atoms with Gasteiger partial charge >= 0.3 is 0 Å². The van der Waals surface area contributed by atoms with E-state index in [1.807, 2.05) is 4.90 Å². The van der Waals surface area contributed by atoms with Gasteiger partial charge in [0.05, 0.1) is 25.9 Å². The summed E-state index contributed by atoms with van der Waals surface area (Å²) in [5.74, 6) is 1.54. The molecule has 0 spiro atoms. The highest BCUT2D eigenvalue weighted by Crippen LogP contribution is 2.32. The normalized spacial score (nSPS) is 22.5. The molecule has 3 aliphatic rings. The van der Waals surface area contributed by atoms with E-state index in [-0.39, 0.29) is 5.91 Å². The van der Waals surface area contributed by atoms with E-state index >= 15 is 0 Å². The van der Waals surface area contributed by atoms with Crippen LogP contribution in [-0.2, 0) is 17.6 Å². The summed E-state index contributed by atoms with van der Waals surface area (Å²) in [5.41, 5.74) is 3.43. The van der Waals surface area contributed by atoms with Gasteiger partial charge in [0.15, 0.2) is 0 Å². The van der Waals surface area contributed by atoms with Gasteiger partial charge in [0.2, 0.25) is 0 Å². The number of aryl methyl sites for hydroxylation is 2. The number of amides is 1. The van der Waals surface area contributed by atoms with E-state index in [2.05, 4.69) is 24.0 Å². The van der Waals surface area contributed by atoms with Crippen molar-refractivity contribution in [2.75, 3.05) is 46.5 Å². The van der Waals surface area contributed by atoms with Crippen molar-refractivity contribution in [1.29, 1.82) is 0 Å². The summed E-state index contributed by atoms with van der Waals surface area (Å²) in [7, 11) is 1.67. The van der Waals surface area contributed by atoms with Gasteiger partial charge in [-0.2, -0.15) is 0 Å². The van der Waals surface area contributed by atoms with Gasteiger partial charge in [-0.15, -0.1) is 0 Å². The van der Waals surface area contributed by atoms with Crippen LogP contribution in [0.4, 0.5) is 0 Å². The third kappa shape index (κ3) is 3.85. The number of carbonyl (C=O) groups excluding carboxylic acids is 1. The Balaban J connectivity index is 1.40. The number of hydrogen-bond acceptors (Lipinski definition) is 4. The summed E-state index contributed by atoms with van der Waals surface area (Å²) in [6, 6.07) is 4.75. The van der Waals surface area contributed by atoms with Gasteiger partial charge in [-0.25, -0.2) is 0 Å². The van der Waals surface area contributed by atoms with Gasteiger partial charge in [0, 0.05) is 32.2 Å². The number of methoxy groups -OCH3 is 1. The van der Waals surface area contributed by atoms with Crippen LogP contribution < -0.4 is 4.74 Å². The SMILES string of the molecule is COc1cc2c(cc1C(=O)N1CCC(C(C)N3CCOCC3)CC1)CCC2. The smallest absolute Gasteiger partial charge is 0.257 e. The highest BCUT2D eigenvalue weighted by molar-refractivity contribution is 5.97. The number of likely N-dealkylation sites (tertiary alicyclic amines) is 1. The number of ether oxygens (including phenoxy) is 2. The largest absolute Gasteiger partial charge is 0.496 e. The third-order valence-corrected chi connectivity index (χ3v) is 6.78. The van der Waals surface area contributed by atoms with Crippen LogP contribution in [0.2, 0.25) is 0 Å². The number of rotatable bonds is 4. The van der Waals surface area contributed by atoms with Gasteiger partial charge in [-0.1, -0.05) is 0 Å². The van der Waals surface area contributed by atoms with Crippen molar-refractivity contribution in [3.8, 4) is 5.75 Å². The zero-order chi connectivity index (χ0) is 18.8. The zero-order valence-electron chi connectivity index (χ0n) is 16.7. The van der Waals surface area contributed by atoms with Gasteiger partial charge < -0.3 is 14.4 Å². The number of hydrogen-bond donors (Lipinski definition) is 0. The van der Waals surface area contributed by atoms with Crippen LogP contribution in [0.25, 0.3) is 0 Å². The lowest BCUT2D eigenvalue weighted by Crippen LogP contribution is -2.49. The molecule has 5 heteroatoms. The standard InChI is InChI=1S/C22H32N2O3/c1-16(23-10-12-27-13-11-23)17-6-8-24(9-7-17)22(25)20-14-18-4-3-5-19(18)15-21(20)26-2/h14-17H,3-13H2,1-2H3. The molecule has 0 bridgehead atoms. The minimum Gasteiger partial charge on any atom is -0.496 e. The molecule has 2 aliphatic heterocycles. The predicted molar refractivity (Wildman–Crippen MR) is 106 cm³/mol. The van der Waals surface area contributed by atoms with E-state index in [0.29, 0.717) is 12.0 Å². The first kappa shape index (κ1) is 18.8. The fourth-order valence-electron chi connectivity index (χ4n) is 4.98. The van der Waals surface area contributed by atoms with Crippen LogP contribution >= 0.6 is 0 Å². The molecule has 1 aliphatic carbocycles. The number of nitrogens with zero attached hydrogens (tertiary/aromatic N) is 2. The molecule has 4 rings (SSSR count). The van der Waals surface area contributed by atoms with E-state index in [9.17, 15) is 4.79 Å². The molecule has 1 unspecified atom stereocenters. The van der Waals surface area contributed by atoms with Crippen LogP contribution in [0, 0.1) is 5.92 Å². The molecule has 148 valence electrons.